The van der Waals surface area contributed by atoms with E-state index in [2.05, 4.69) is 60.0 Å². The third-order valence-electron chi connectivity index (χ3n) is 0.997. The van der Waals surface area contributed by atoms with E-state index >= 15 is 0 Å². The van der Waals surface area contributed by atoms with E-state index < -0.39 is 0 Å². The van der Waals surface area contributed by atoms with Gasteiger partial charge in [0.2, 0.25) is 0 Å². The van der Waals surface area contributed by atoms with Gasteiger partial charge in [0.25, 0.3) is 0 Å². The molecular weight excluding hydrogens is 376 g/mol. The maximum Gasteiger partial charge on any atom is 2.00 e. The van der Waals surface area contributed by atoms with E-state index in [9.17, 15) is 9.90 Å². The zero-order valence-electron chi connectivity index (χ0n) is 15.3. The van der Waals surface area contributed by atoms with Crippen LogP contribution in [0.15, 0.2) is 24.3 Å². The molecule has 0 aliphatic carbocycles. The molecule has 131 valence electrons. The van der Waals surface area contributed by atoms with Crippen molar-refractivity contribution >= 4 is 30.1 Å². The molecule has 1 aromatic carbocycles. The summed E-state index contributed by atoms with van der Waals surface area (Å²) in [6, 6.07) is 5.99. The van der Waals surface area contributed by atoms with E-state index in [1.165, 1.54) is 18.4 Å². The van der Waals surface area contributed by atoms with Gasteiger partial charge in [0.05, 0.1) is 6.29 Å². The smallest absolute Gasteiger partial charge is 0.928 e. The first-order valence-corrected chi connectivity index (χ1v) is 14.6. The summed E-state index contributed by atoms with van der Waals surface area (Å²) in [5.74, 6) is -0.271. The van der Waals surface area contributed by atoms with Gasteiger partial charge in [-0.25, -0.2) is 5.75 Å². The largest absolute Gasteiger partial charge is 2.00 e. The van der Waals surface area contributed by atoms with Crippen LogP contribution in [-0.2, 0) is 21.6 Å². The van der Waals surface area contributed by atoms with Crippen LogP contribution in [0.1, 0.15) is 5.56 Å². The van der Waals surface area contributed by atoms with Crippen LogP contribution in [0.3, 0.4) is 0 Å². The van der Waals surface area contributed by atoms with Gasteiger partial charge < -0.3 is 9.90 Å². The number of hydrogen-bond acceptors (Lipinski definition) is 2. The molecule has 0 atom stereocenters. The summed E-state index contributed by atoms with van der Waals surface area (Å²) in [5.41, 5.74) is 0.0949. The van der Waals surface area contributed by atoms with Crippen molar-refractivity contribution < 1.29 is 26.7 Å². The molecule has 1 rings (SSSR count). The minimum atomic E-state index is -0.271. The molecule has 0 unspecified atom stereocenters. The number of rotatable bonds is 1. The second-order valence-electron chi connectivity index (χ2n) is 5.62. The minimum absolute atomic E-state index is 0. The third-order valence-corrected chi connectivity index (χ3v) is 0.997. The summed E-state index contributed by atoms with van der Waals surface area (Å²) >= 11 is 0. The summed E-state index contributed by atoms with van der Waals surface area (Å²) in [6.45, 7) is 20.1. The van der Waals surface area contributed by atoms with Crippen LogP contribution in [0.25, 0.3) is 0 Å². The minimum Gasteiger partial charge on any atom is -0.928 e. The summed E-state index contributed by atoms with van der Waals surface area (Å²) in [5, 5.41) is 10.6. The molecule has 0 aromatic heterocycles. The van der Waals surface area contributed by atoms with Gasteiger partial charge >= 0.3 is 16.8 Å². The molecule has 0 aliphatic heterocycles. The molecule has 0 saturated carbocycles. The van der Waals surface area contributed by atoms with Crippen molar-refractivity contribution in [2.45, 2.75) is 0 Å². The van der Waals surface area contributed by atoms with Crippen LogP contribution in [0, 0.1) is 0 Å². The van der Waals surface area contributed by atoms with E-state index in [1.807, 2.05) is 0 Å². The first-order valence-electron chi connectivity index (χ1n) is 6.51. The molecule has 0 amide bonds. The topological polar surface area (TPSA) is 40.1 Å². The monoisotopic (exact) mass is 407 g/mol. The van der Waals surface area contributed by atoms with Gasteiger partial charge in [-0.2, -0.15) is 11.6 Å². The van der Waals surface area contributed by atoms with Crippen LogP contribution in [-0.4, -0.2) is 66.3 Å². The second kappa shape index (κ2) is 21.5. The molecular formula is C16H31CoO2P3. The average Bonchev–Trinajstić information content (AvgIpc) is 2.27. The Hall–Kier alpha value is 0.486. The Balaban J connectivity index is -0.000000107. The fourth-order valence-corrected chi connectivity index (χ4v) is 0.551. The standard InChI is InChI=1S/C7H5O2.3C3H9P.Co/c8-5-6-3-1-2-4-7(6)9;3*1-4(2)3;/h1-4,9H;3*1-3H3;/q-1;;;;+2/p-1. The van der Waals surface area contributed by atoms with Crippen molar-refractivity contribution in [2.75, 3.05) is 60.0 Å². The summed E-state index contributed by atoms with van der Waals surface area (Å²) in [7, 11) is 1.14. The van der Waals surface area contributed by atoms with E-state index in [4.69, 9.17) is 0 Å². The maximum atomic E-state index is 10.6. The molecule has 0 saturated heterocycles. The fourth-order valence-electron chi connectivity index (χ4n) is 0.551. The van der Waals surface area contributed by atoms with Gasteiger partial charge in [-0.15, -0.1) is 35.9 Å². The molecule has 2 nitrogen and oxygen atoms in total. The molecule has 1 radical (unpaired) electrons. The van der Waals surface area contributed by atoms with Gasteiger partial charge in [0, 0.05) is 0 Å². The van der Waals surface area contributed by atoms with Crippen LogP contribution < -0.4 is 5.11 Å². The zero-order valence-corrected chi connectivity index (χ0v) is 19.0. The van der Waals surface area contributed by atoms with Crippen molar-refractivity contribution in [1.82, 2.24) is 0 Å². The molecule has 6 heteroatoms. The van der Waals surface area contributed by atoms with Gasteiger partial charge in [0.1, 0.15) is 0 Å². The van der Waals surface area contributed by atoms with Crippen LogP contribution in [0.2, 0.25) is 0 Å². The van der Waals surface area contributed by atoms with E-state index in [-0.39, 0.29) is 28.1 Å². The molecule has 0 aliphatic rings. The van der Waals surface area contributed by atoms with Crippen molar-refractivity contribution in [2.24, 2.45) is 0 Å². The van der Waals surface area contributed by atoms with Crippen LogP contribution in [0.4, 0.5) is 0 Å². The molecule has 0 fully saturated rings. The van der Waals surface area contributed by atoms with Gasteiger partial charge in [-0.3, -0.25) is 0 Å². The summed E-state index contributed by atoms with van der Waals surface area (Å²) < 4.78 is 0. The van der Waals surface area contributed by atoms with Crippen molar-refractivity contribution in [3.05, 3.63) is 29.8 Å². The van der Waals surface area contributed by atoms with Gasteiger partial charge in [-0.05, 0) is 60.0 Å². The van der Waals surface area contributed by atoms with Crippen molar-refractivity contribution in [1.29, 1.82) is 0 Å². The van der Waals surface area contributed by atoms with Gasteiger partial charge in [0.15, 0.2) is 0 Å². The Kier molecular flexibility index (Phi) is 29.7. The molecule has 0 heterocycles. The summed E-state index contributed by atoms with van der Waals surface area (Å²) in [6.07, 6.45) is 1.53. The Morgan fingerprint density at radius 2 is 1.05 bits per heavy atom. The predicted octanol–water partition coefficient (Wildman–Crippen LogP) is 4.29. The molecule has 0 bridgehead atoms. The zero-order chi connectivity index (χ0) is 17.4. The summed E-state index contributed by atoms with van der Waals surface area (Å²) in [4.78, 5) is 9.90. The van der Waals surface area contributed by atoms with Crippen molar-refractivity contribution in [3.8, 4) is 5.75 Å². The Morgan fingerprint density at radius 1 is 0.773 bits per heavy atom. The van der Waals surface area contributed by atoms with Crippen LogP contribution in [0.5, 0.6) is 5.75 Å². The number of carbonyl (C=O) groups excluding carboxylic acids is 1. The quantitative estimate of drug-likeness (QED) is 0.515. The number of benzene rings is 1. The number of hydrogen-bond donors (Lipinski definition) is 0. The van der Waals surface area contributed by atoms with E-state index in [0.717, 1.165) is 0 Å². The van der Waals surface area contributed by atoms with Crippen molar-refractivity contribution in [3.63, 3.8) is 0 Å². The predicted molar refractivity (Wildman–Crippen MR) is 105 cm³/mol. The third kappa shape index (κ3) is 42.8. The first-order chi connectivity index (χ1) is 9.54. The molecule has 22 heavy (non-hydrogen) atoms. The molecule has 0 N–H and O–H groups in total. The normalized spacial score (nSPS) is 8.55. The molecule has 0 spiro atoms. The van der Waals surface area contributed by atoms with E-state index in [1.54, 1.807) is 12.1 Å². The van der Waals surface area contributed by atoms with Crippen LogP contribution >= 0.6 is 23.8 Å². The Morgan fingerprint density at radius 3 is 1.23 bits per heavy atom. The Bertz CT molecular complexity index is 323. The Labute approximate surface area is 152 Å². The second-order valence-corrected chi connectivity index (χ2v) is 13.7. The van der Waals surface area contributed by atoms with E-state index in [0.29, 0.717) is 23.8 Å². The number of para-hydroxylation sites is 1. The maximum absolute atomic E-state index is 10.6. The fraction of sp³-hybridized carbons (Fsp3) is 0.562. The van der Waals surface area contributed by atoms with Gasteiger partial charge in [-0.1, -0.05) is 6.07 Å². The first kappa shape index (κ1) is 30.4. The SMILES string of the molecule is CP(C)C.CP(C)C.CP(C)C.O=[C-]c1ccccc1[O-].[Co+2]. The molecule has 1 aromatic rings. The average molecular weight is 407 g/mol.